The van der Waals surface area contributed by atoms with Gasteiger partial charge in [0.2, 0.25) is 0 Å². The van der Waals surface area contributed by atoms with E-state index in [2.05, 4.69) is 58.1 Å². The normalized spacial score (nSPS) is 27.8. The Hall–Kier alpha value is -4.74. The van der Waals surface area contributed by atoms with Crippen molar-refractivity contribution in [2.75, 3.05) is 18.5 Å². The number of carbonyl (C=O) groups excluding carboxylic acids is 2. The number of aldehydes is 2. The van der Waals surface area contributed by atoms with E-state index in [1.54, 1.807) is 0 Å². The first-order chi connectivity index (χ1) is 27.3. The molecule has 1 saturated carbocycles. The number of aromatic nitrogens is 1. The van der Waals surface area contributed by atoms with Gasteiger partial charge in [0.25, 0.3) is 0 Å². The van der Waals surface area contributed by atoms with Crippen LogP contribution in [0.2, 0.25) is 0 Å². The molecular formula is C45H57N5O6. The first-order valence-electron chi connectivity index (χ1n) is 20.6. The highest BCUT2D eigenvalue weighted by atomic mass is 16.4. The van der Waals surface area contributed by atoms with Crippen molar-refractivity contribution >= 4 is 41.1 Å². The molecule has 2 heterocycles. The van der Waals surface area contributed by atoms with Gasteiger partial charge in [-0.2, -0.15) is 0 Å². The van der Waals surface area contributed by atoms with Crippen LogP contribution in [0.4, 0.5) is 5.82 Å². The topological polar surface area (TPSA) is 190 Å². The number of rotatable bonds is 19. The molecule has 4 aliphatic rings. The minimum Gasteiger partial charge on any atom is -0.478 e. The summed E-state index contributed by atoms with van der Waals surface area (Å²) in [7, 11) is 0. The maximum absolute atomic E-state index is 12.7. The van der Waals surface area contributed by atoms with Crippen LogP contribution in [0.25, 0.3) is 10.8 Å². The van der Waals surface area contributed by atoms with Gasteiger partial charge in [-0.15, -0.1) is 0 Å². The summed E-state index contributed by atoms with van der Waals surface area (Å²) in [5.74, 6) is 1.21. The minimum atomic E-state index is -1.04. The van der Waals surface area contributed by atoms with Crippen molar-refractivity contribution in [1.82, 2.24) is 10.3 Å². The van der Waals surface area contributed by atoms with Crippen molar-refractivity contribution in [1.29, 1.82) is 0 Å². The molecule has 0 spiro atoms. The lowest BCUT2D eigenvalue weighted by atomic mass is 9.48. The third kappa shape index (κ3) is 8.49. The monoisotopic (exact) mass is 763 g/mol. The average Bonchev–Trinajstić information content (AvgIpc) is 3.72. The molecular weight excluding hydrogens is 707 g/mol. The molecule has 56 heavy (non-hydrogen) atoms. The second-order valence-corrected chi connectivity index (χ2v) is 16.5. The van der Waals surface area contributed by atoms with E-state index >= 15 is 0 Å². The van der Waals surface area contributed by atoms with Crippen LogP contribution in [0.15, 0.2) is 77.5 Å². The molecule has 7 rings (SSSR count). The highest BCUT2D eigenvalue weighted by Crippen LogP contribution is 2.62. The summed E-state index contributed by atoms with van der Waals surface area (Å²) in [4.78, 5) is 43.9. The maximum Gasteiger partial charge on any atom is 0.328 e. The van der Waals surface area contributed by atoms with Crippen molar-refractivity contribution < 1.29 is 29.7 Å². The summed E-state index contributed by atoms with van der Waals surface area (Å²) in [6.45, 7) is -0.0416. The van der Waals surface area contributed by atoms with Crippen LogP contribution in [-0.2, 0) is 20.8 Å². The molecule has 11 heteroatoms. The molecule has 298 valence electrons. The second kappa shape index (κ2) is 18.0. The molecule has 2 aromatic carbocycles. The molecule has 3 aliphatic carbocycles. The number of fused-ring (bicyclic) bond motifs is 4. The van der Waals surface area contributed by atoms with Gasteiger partial charge in [-0.05, 0) is 126 Å². The smallest absolute Gasteiger partial charge is 0.328 e. The number of guanidine groups is 1. The molecule has 10 atom stereocenters. The van der Waals surface area contributed by atoms with Crippen LogP contribution in [0.3, 0.4) is 0 Å². The number of unbranched alkanes of at least 4 members (excludes halogenated alkanes) is 2. The molecule has 0 amide bonds. The number of allylic oxidation sites excluding steroid dienone is 2. The van der Waals surface area contributed by atoms with Crippen LogP contribution in [0, 0.1) is 29.6 Å². The molecule has 4 bridgehead atoms. The Morgan fingerprint density at radius 2 is 1.84 bits per heavy atom. The largest absolute Gasteiger partial charge is 0.478 e. The second-order valence-electron chi connectivity index (χ2n) is 16.5. The minimum absolute atomic E-state index is 0.00975. The lowest BCUT2D eigenvalue weighted by Gasteiger charge is -2.57. The Bertz CT molecular complexity index is 1940. The number of carbonyl (C=O) groups is 3. The number of aliphatic hydroxyl groups is 2. The molecule has 3 aromatic rings. The van der Waals surface area contributed by atoms with Crippen LogP contribution in [0.1, 0.15) is 92.7 Å². The van der Waals surface area contributed by atoms with Crippen molar-refractivity contribution in [2.24, 2.45) is 40.3 Å². The number of carboxylic acids is 1. The number of aromatic amines is 1. The Labute approximate surface area is 328 Å². The lowest BCUT2D eigenvalue weighted by molar-refractivity contribution is -0.131. The molecule has 1 fully saturated rings. The number of carboxylic acid groups (broad SMARTS) is 1. The van der Waals surface area contributed by atoms with Crippen molar-refractivity contribution in [2.45, 2.75) is 101 Å². The number of benzene rings is 2. The van der Waals surface area contributed by atoms with Gasteiger partial charge in [-0.1, -0.05) is 61.7 Å². The third-order valence-electron chi connectivity index (χ3n) is 13.1. The number of hydrogen-bond donors (Lipinski definition) is 7. The number of aliphatic hydroxyl groups excluding tert-OH is 2. The Kier molecular flexibility index (Phi) is 12.7. The Balaban J connectivity index is 1.28. The van der Waals surface area contributed by atoms with E-state index in [4.69, 9.17) is 10.7 Å². The zero-order valence-electron chi connectivity index (χ0n) is 32.1. The van der Waals surface area contributed by atoms with Crippen LogP contribution in [-0.4, -0.2) is 76.1 Å². The van der Waals surface area contributed by atoms with E-state index in [1.165, 1.54) is 22.6 Å². The molecule has 1 aliphatic heterocycles. The van der Waals surface area contributed by atoms with Gasteiger partial charge < -0.3 is 46.3 Å². The van der Waals surface area contributed by atoms with Crippen molar-refractivity contribution in [3.63, 3.8) is 0 Å². The fourth-order valence-electron chi connectivity index (χ4n) is 10.7. The van der Waals surface area contributed by atoms with Crippen LogP contribution in [0.5, 0.6) is 0 Å². The third-order valence-corrected chi connectivity index (χ3v) is 13.1. The summed E-state index contributed by atoms with van der Waals surface area (Å²) < 4.78 is 0. The quantitative estimate of drug-likeness (QED) is 0.0333. The first kappa shape index (κ1) is 39.5. The van der Waals surface area contributed by atoms with Gasteiger partial charge >= 0.3 is 5.97 Å². The predicted octanol–water partition coefficient (Wildman–Crippen LogP) is 5.99. The van der Waals surface area contributed by atoms with E-state index in [9.17, 15) is 29.7 Å². The van der Waals surface area contributed by atoms with Crippen LogP contribution < -0.4 is 16.4 Å². The Morgan fingerprint density at radius 1 is 1.00 bits per heavy atom. The van der Waals surface area contributed by atoms with Gasteiger partial charge in [-0.3, -0.25) is 0 Å². The highest BCUT2D eigenvalue weighted by molar-refractivity contribution is 5.86. The molecule has 10 unspecified atom stereocenters. The van der Waals surface area contributed by atoms with E-state index in [0.29, 0.717) is 30.8 Å². The van der Waals surface area contributed by atoms with Gasteiger partial charge in [-0.25, -0.2) is 9.79 Å². The number of anilines is 1. The van der Waals surface area contributed by atoms with E-state index in [0.717, 1.165) is 80.7 Å². The highest BCUT2D eigenvalue weighted by Gasteiger charge is 2.54. The number of H-pyrrole nitrogens is 1. The number of aliphatic carboxylic acids is 1. The molecule has 11 nitrogen and oxygen atoms in total. The molecule has 0 saturated heterocycles. The van der Waals surface area contributed by atoms with Gasteiger partial charge in [0.1, 0.15) is 18.4 Å². The molecule has 0 radical (unpaired) electrons. The Morgan fingerprint density at radius 3 is 2.59 bits per heavy atom. The molecule has 8 N–H and O–H groups in total. The SMILES string of the molecule is NC1=NC(C(=CC(=O)O)C(Nc2ccc[nH]2)C2CCC3c4cc5ccc(CC=O)cc5cc4C4C(CCCCCC(C=O)CCCO)C=CC3C24)CC(CO)N1. The maximum atomic E-state index is 12.7. The zero-order valence-corrected chi connectivity index (χ0v) is 32.1. The van der Waals surface area contributed by atoms with Gasteiger partial charge in [0.15, 0.2) is 5.96 Å². The van der Waals surface area contributed by atoms with Crippen molar-refractivity contribution in [3.05, 3.63) is 89.2 Å². The number of hydrogen-bond acceptors (Lipinski definition) is 9. The summed E-state index contributed by atoms with van der Waals surface area (Å²) in [5.41, 5.74) is 10.7. The summed E-state index contributed by atoms with van der Waals surface area (Å²) in [5, 5.41) is 38.9. The van der Waals surface area contributed by atoms with Crippen molar-refractivity contribution in [3.8, 4) is 0 Å². The summed E-state index contributed by atoms with van der Waals surface area (Å²) in [6.07, 6.45) is 18.9. The fourth-order valence-corrected chi connectivity index (χ4v) is 10.7. The van der Waals surface area contributed by atoms with E-state index in [-0.39, 0.29) is 66.8 Å². The fraction of sp³-hybridized carbons (Fsp3) is 0.511. The number of nitrogens with zero attached hydrogens (tertiary/aromatic N) is 1. The van der Waals surface area contributed by atoms with Gasteiger partial charge in [0, 0.05) is 31.2 Å². The van der Waals surface area contributed by atoms with E-state index < -0.39 is 12.0 Å². The number of aliphatic imine (C=N–C) groups is 1. The summed E-state index contributed by atoms with van der Waals surface area (Å²) in [6, 6.07) is 13.8. The number of nitrogens with one attached hydrogen (secondary N) is 3. The standard InChI is InChI=1S/C45H57N5O6/c46-45-48-32(26-54)23-39(49-45)38(24-41(55)56)44(50-40-9-4-17-47-40)35-15-14-33-34-13-12-29(8-3-1-2-6-28(25-53)7-5-18-51)42(43(34)35)37-22-31-20-27(16-19-52)10-11-30(31)21-36(33)37/h4,9-13,17,19-22,24-25,28-29,32-35,39,42-44,47,50-51,54H,1-3,5-8,14-16,18,23,26H2,(H,55,56)(H3,46,48,49). The first-order valence-corrected chi connectivity index (χ1v) is 20.6. The summed E-state index contributed by atoms with van der Waals surface area (Å²) >= 11 is 0. The van der Waals surface area contributed by atoms with Gasteiger partial charge in [0.05, 0.1) is 24.7 Å². The van der Waals surface area contributed by atoms with E-state index in [1.807, 2.05) is 18.3 Å². The zero-order chi connectivity index (χ0) is 39.2. The predicted molar refractivity (Wildman–Crippen MR) is 218 cm³/mol. The number of nitrogens with two attached hydrogens (primary N) is 1. The molecule has 1 aromatic heterocycles. The lowest BCUT2D eigenvalue weighted by Crippen LogP contribution is -2.53. The van der Waals surface area contributed by atoms with Crippen LogP contribution >= 0.6 is 0 Å². The average molecular weight is 764 g/mol.